The molecular weight excluding hydrogens is 246 g/mol. The molecule has 0 saturated carbocycles. The maximum Gasteiger partial charge on any atom is 0.0490 e. The van der Waals surface area contributed by atoms with Crippen molar-refractivity contribution in [1.29, 1.82) is 0 Å². The Kier molecular flexibility index (Phi) is 5.58. The highest BCUT2D eigenvalue weighted by atomic mass is 15.2. The van der Waals surface area contributed by atoms with E-state index in [-0.39, 0.29) is 0 Å². The first-order valence-corrected chi connectivity index (χ1v) is 7.80. The highest BCUT2D eigenvalue weighted by Gasteiger charge is 2.28. The Bertz CT molecular complexity index is 401. The zero-order valence-corrected chi connectivity index (χ0v) is 13.4. The molecule has 0 amide bonds. The van der Waals surface area contributed by atoms with Crippen LogP contribution in [0.1, 0.15) is 30.5 Å². The van der Waals surface area contributed by atoms with Crippen LogP contribution in [0.3, 0.4) is 0 Å². The van der Waals surface area contributed by atoms with Crippen LogP contribution in [0, 0.1) is 6.92 Å². The Hall–Kier alpha value is -0.900. The maximum atomic E-state index is 3.70. The Morgan fingerprint density at radius 3 is 2.55 bits per heavy atom. The van der Waals surface area contributed by atoms with Crippen molar-refractivity contribution in [2.75, 3.05) is 40.3 Å². The van der Waals surface area contributed by atoms with Gasteiger partial charge in [-0.1, -0.05) is 36.8 Å². The van der Waals surface area contributed by atoms with E-state index in [4.69, 9.17) is 0 Å². The number of nitrogens with one attached hydrogen (secondary N) is 1. The molecule has 1 aromatic rings. The molecular formula is C17H29N3. The topological polar surface area (TPSA) is 18.5 Å². The fraction of sp³-hybridized carbons (Fsp3) is 0.647. The number of nitrogens with zero attached hydrogens (tertiary/aromatic N) is 2. The van der Waals surface area contributed by atoms with Crippen LogP contribution in [0.15, 0.2) is 24.3 Å². The average Bonchev–Trinajstić information content (AvgIpc) is 2.59. The molecule has 1 fully saturated rings. The van der Waals surface area contributed by atoms with Crippen LogP contribution in [0.5, 0.6) is 0 Å². The van der Waals surface area contributed by atoms with Crippen molar-refractivity contribution in [3.05, 3.63) is 35.4 Å². The second-order valence-electron chi connectivity index (χ2n) is 6.11. The second kappa shape index (κ2) is 7.21. The lowest BCUT2D eigenvalue weighted by Crippen LogP contribution is -2.47. The monoisotopic (exact) mass is 275 g/mol. The smallest absolute Gasteiger partial charge is 0.0490 e. The van der Waals surface area contributed by atoms with Crippen molar-refractivity contribution in [3.8, 4) is 0 Å². The number of hydrogen-bond acceptors (Lipinski definition) is 3. The van der Waals surface area contributed by atoms with E-state index < -0.39 is 0 Å². The largest absolute Gasteiger partial charge is 0.309 e. The van der Waals surface area contributed by atoms with E-state index in [1.807, 2.05) is 0 Å². The fourth-order valence-electron chi connectivity index (χ4n) is 3.14. The van der Waals surface area contributed by atoms with Gasteiger partial charge in [-0.05, 0) is 52.6 Å². The Labute approximate surface area is 124 Å². The molecule has 1 aliphatic rings. The van der Waals surface area contributed by atoms with Crippen molar-refractivity contribution in [2.45, 2.75) is 32.4 Å². The van der Waals surface area contributed by atoms with Crippen molar-refractivity contribution < 1.29 is 0 Å². The van der Waals surface area contributed by atoms with Crippen LogP contribution < -0.4 is 5.32 Å². The van der Waals surface area contributed by atoms with Crippen LogP contribution in [-0.2, 0) is 0 Å². The van der Waals surface area contributed by atoms with E-state index in [1.165, 1.54) is 30.6 Å². The average molecular weight is 275 g/mol. The first kappa shape index (κ1) is 15.5. The van der Waals surface area contributed by atoms with Gasteiger partial charge in [0.15, 0.2) is 0 Å². The number of aryl methyl sites for hydroxylation is 1. The molecule has 1 N–H and O–H groups in total. The third-order valence-electron chi connectivity index (χ3n) is 4.36. The van der Waals surface area contributed by atoms with Crippen molar-refractivity contribution >= 4 is 0 Å². The molecule has 2 rings (SSSR count). The molecule has 1 heterocycles. The summed E-state index contributed by atoms with van der Waals surface area (Å²) in [7, 11) is 4.51. The molecule has 0 bridgehead atoms. The highest BCUT2D eigenvalue weighted by molar-refractivity contribution is 5.25. The summed E-state index contributed by atoms with van der Waals surface area (Å²) in [5.41, 5.74) is 2.74. The molecule has 1 aromatic carbocycles. The molecule has 0 radical (unpaired) electrons. The van der Waals surface area contributed by atoms with E-state index in [9.17, 15) is 0 Å². The molecule has 3 nitrogen and oxygen atoms in total. The summed E-state index contributed by atoms with van der Waals surface area (Å²) >= 11 is 0. The molecule has 0 aliphatic carbocycles. The van der Waals surface area contributed by atoms with Gasteiger partial charge in [0, 0.05) is 18.6 Å². The van der Waals surface area contributed by atoms with Crippen LogP contribution >= 0.6 is 0 Å². The van der Waals surface area contributed by atoms with Crippen LogP contribution in [0.4, 0.5) is 0 Å². The minimum Gasteiger partial charge on any atom is -0.309 e. The second-order valence-corrected chi connectivity index (χ2v) is 6.11. The lowest BCUT2D eigenvalue weighted by atomic mass is 9.97. The van der Waals surface area contributed by atoms with Crippen molar-refractivity contribution in [2.24, 2.45) is 0 Å². The Balaban J connectivity index is 2.23. The van der Waals surface area contributed by atoms with Gasteiger partial charge in [0.05, 0.1) is 0 Å². The highest BCUT2D eigenvalue weighted by Crippen LogP contribution is 2.23. The van der Waals surface area contributed by atoms with Gasteiger partial charge in [0.2, 0.25) is 0 Å². The van der Waals surface area contributed by atoms with E-state index in [0.717, 1.165) is 13.1 Å². The minimum atomic E-state index is 0.408. The molecule has 2 atom stereocenters. The SMILES string of the molecule is CCNC(c1ccc(C)cc1)C1CN(C)CCCN1C. The lowest BCUT2D eigenvalue weighted by Gasteiger charge is -2.35. The molecule has 1 aliphatic heterocycles. The summed E-state index contributed by atoms with van der Waals surface area (Å²) in [5, 5.41) is 3.70. The fourth-order valence-corrected chi connectivity index (χ4v) is 3.14. The van der Waals surface area contributed by atoms with Crippen molar-refractivity contribution in [1.82, 2.24) is 15.1 Å². The van der Waals surface area contributed by atoms with Gasteiger partial charge in [0.25, 0.3) is 0 Å². The van der Waals surface area contributed by atoms with E-state index in [1.54, 1.807) is 0 Å². The molecule has 3 heteroatoms. The summed E-state index contributed by atoms with van der Waals surface area (Å²) < 4.78 is 0. The molecule has 0 spiro atoms. The summed E-state index contributed by atoms with van der Waals surface area (Å²) in [5.74, 6) is 0. The summed E-state index contributed by atoms with van der Waals surface area (Å²) in [6.07, 6.45) is 1.26. The van der Waals surface area contributed by atoms with Gasteiger partial charge in [0.1, 0.15) is 0 Å². The zero-order valence-electron chi connectivity index (χ0n) is 13.4. The number of rotatable bonds is 4. The van der Waals surface area contributed by atoms with Gasteiger partial charge in [-0.25, -0.2) is 0 Å². The standard InChI is InChI=1S/C17H29N3/c1-5-18-17(15-9-7-14(2)8-10-15)16-13-19(3)11-6-12-20(16)4/h7-10,16-18H,5-6,11-13H2,1-4H3. The van der Waals surface area contributed by atoms with E-state index >= 15 is 0 Å². The molecule has 1 saturated heterocycles. The predicted molar refractivity (Wildman–Crippen MR) is 86.1 cm³/mol. The Morgan fingerprint density at radius 1 is 1.20 bits per heavy atom. The van der Waals surface area contributed by atoms with Gasteiger partial charge in [-0.3, -0.25) is 0 Å². The maximum absolute atomic E-state index is 3.70. The quantitative estimate of drug-likeness (QED) is 0.909. The number of benzene rings is 1. The van der Waals surface area contributed by atoms with E-state index in [2.05, 4.69) is 67.3 Å². The van der Waals surface area contributed by atoms with Gasteiger partial charge in [-0.2, -0.15) is 0 Å². The normalized spacial score (nSPS) is 23.5. The minimum absolute atomic E-state index is 0.408. The summed E-state index contributed by atoms with van der Waals surface area (Å²) in [4.78, 5) is 4.99. The predicted octanol–water partition coefficient (Wildman–Crippen LogP) is 2.28. The summed E-state index contributed by atoms with van der Waals surface area (Å²) in [6, 6.07) is 9.94. The van der Waals surface area contributed by atoms with E-state index in [0.29, 0.717) is 12.1 Å². The first-order valence-electron chi connectivity index (χ1n) is 7.80. The first-order chi connectivity index (χ1) is 9.61. The van der Waals surface area contributed by atoms with Crippen LogP contribution in [0.2, 0.25) is 0 Å². The molecule has 20 heavy (non-hydrogen) atoms. The van der Waals surface area contributed by atoms with Gasteiger partial charge < -0.3 is 15.1 Å². The van der Waals surface area contributed by atoms with Crippen molar-refractivity contribution in [3.63, 3.8) is 0 Å². The number of hydrogen-bond donors (Lipinski definition) is 1. The Morgan fingerprint density at radius 2 is 1.90 bits per heavy atom. The van der Waals surface area contributed by atoms with Crippen LogP contribution in [0.25, 0.3) is 0 Å². The summed E-state index contributed by atoms with van der Waals surface area (Å²) in [6.45, 7) is 8.87. The lowest BCUT2D eigenvalue weighted by molar-refractivity contribution is 0.179. The third kappa shape index (κ3) is 3.81. The van der Waals surface area contributed by atoms with Crippen LogP contribution in [-0.4, -0.2) is 56.1 Å². The molecule has 112 valence electrons. The zero-order chi connectivity index (χ0) is 14.5. The van der Waals surface area contributed by atoms with Gasteiger partial charge in [-0.15, -0.1) is 0 Å². The van der Waals surface area contributed by atoms with Gasteiger partial charge >= 0.3 is 0 Å². The molecule has 2 unspecified atom stereocenters. The number of likely N-dealkylation sites (N-methyl/N-ethyl adjacent to an activating group) is 3. The molecule has 0 aromatic heterocycles. The third-order valence-corrected chi connectivity index (χ3v) is 4.36.